The van der Waals surface area contributed by atoms with E-state index in [4.69, 9.17) is 73.0 Å². The molecular weight excluding hydrogens is 1610 g/mol. The van der Waals surface area contributed by atoms with Gasteiger partial charge in [0.2, 0.25) is 0 Å². The summed E-state index contributed by atoms with van der Waals surface area (Å²) in [5, 5.41) is 24.0. The molecule has 8 N–H and O–H groups in total. The molecule has 0 fully saturated rings. The van der Waals surface area contributed by atoms with Crippen LogP contribution in [0.1, 0.15) is 132 Å². The van der Waals surface area contributed by atoms with Gasteiger partial charge in [0.15, 0.2) is 0 Å². The molecule has 0 unspecified atom stereocenters. The summed E-state index contributed by atoms with van der Waals surface area (Å²) in [6.45, 7) is 30.0. The Bertz CT molecular complexity index is 3920. The van der Waals surface area contributed by atoms with Gasteiger partial charge < -0.3 is 106 Å². The second-order valence-corrected chi connectivity index (χ2v) is 37.5. The van der Waals surface area contributed by atoms with Crippen LogP contribution in [0.4, 0.5) is 41.9 Å². The van der Waals surface area contributed by atoms with Gasteiger partial charge in [0, 0.05) is 152 Å². The van der Waals surface area contributed by atoms with Crippen LogP contribution in [0.5, 0.6) is 0 Å². The van der Waals surface area contributed by atoms with Gasteiger partial charge in [-0.15, -0.1) is 22.1 Å². The fourth-order valence-electron chi connectivity index (χ4n) is 13.9. The summed E-state index contributed by atoms with van der Waals surface area (Å²) < 4.78 is 72.6. The average Bonchev–Trinajstić information content (AvgIpc) is 1.62. The molecule has 9 rings (SSSR count). The Morgan fingerprint density at radius 2 is 0.444 bits per heavy atom. The second-order valence-electron chi connectivity index (χ2n) is 26.5. The van der Waals surface area contributed by atoms with Crippen molar-refractivity contribution in [2.45, 2.75) is 133 Å². The maximum Gasteiger partial charge on any atom is 2.00 e. The first-order valence-electron chi connectivity index (χ1n) is 40.8. The predicted molar refractivity (Wildman–Crippen MR) is 467 cm³/mol. The molecule has 0 saturated heterocycles. The summed E-state index contributed by atoms with van der Waals surface area (Å²) in [4.78, 5) is 76.2. The summed E-state index contributed by atoms with van der Waals surface area (Å²) in [6, 6.07) is 38.8. The predicted octanol–water partition coefficient (Wildman–Crippen LogP) is 16.8. The number of urea groups is 4. The van der Waals surface area contributed by atoms with Gasteiger partial charge in [-0.25, -0.2) is 29.1 Å². The Morgan fingerprint density at radius 3 is 0.607 bits per heavy atom. The molecule has 3 aromatic heterocycles. The first kappa shape index (κ1) is 94.1. The number of carbonyl (C=O) groups is 4. The van der Waals surface area contributed by atoms with E-state index in [0.29, 0.717) is 245 Å². The van der Waals surface area contributed by atoms with Crippen LogP contribution in [0.2, 0.25) is 24.2 Å². The molecule has 117 heavy (non-hydrogen) atoms. The second kappa shape index (κ2) is 48.0. The van der Waals surface area contributed by atoms with Gasteiger partial charge in [-0.05, 0) is 226 Å². The minimum Gasteiger partial charge on any atom is -0.657 e. The molecule has 7 aromatic rings. The SMILES string of the molecule is CCO[Si](CCCNC(=O)Nc1ccc(-c2c3nc(c(-c4ccc(NC(=O)NCCC[Si](OCC)(OCC)OCC)cc4)c4ccc([n-]4)c(-c4ccc(NC(=O)NCCC[Si](OCC)(OCC)OCC)cc4)c4nc(c(-c5ccc(NC(=O)NCCC[Si](OCC)(OCC)OCC)cc5)c5ccc2[n-]5)C=C4)C=C3)cc1)(OCC)OCC.[Zn+2]. The zero-order valence-electron chi connectivity index (χ0n) is 69.9. The summed E-state index contributed by atoms with van der Waals surface area (Å²) in [7, 11) is -11.7. The number of nitrogens with one attached hydrogen (secondary N) is 8. The molecule has 0 radical (unpaired) electrons. The minimum absolute atomic E-state index is 0. The monoisotopic (exact) mass is 1720 g/mol. The molecule has 28 nitrogen and oxygen atoms in total. The zero-order valence-corrected chi connectivity index (χ0v) is 76.8. The van der Waals surface area contributed by atoms with Crippen LogP contribution in [0, 0.1) is 0 Å². The van der Waals surface area contributed by atoms with Gasteiger partial charge in [0.1, 0.15) is 0 Å². The van der Waals surface area contributed by atoms with E-state index < -0.39 is 35.2 Å². The van der Waals surface area contributed by atoms with E-state index in [0.717, 1.165) is 22.3 Å². The summed E-state index contributed by atoms with van der Waals surface area (Å²) >= 11 is 0. The maximum absolute atomic E-state index is 13.5. The van der Waals surface area contributed by atoms with Gasteiger partial charge in [-0.2, -0.15) is 0 Å². The van der Waals surface area contributed by atoms with Gasteiger partial charge in [0.05, 0.1) is 22.8 Å². The van der Waals surface area contributed by atoms with E-state index in [2.05, 4.69) is 42.5 Å². The molecule has 5 heterocycles. The zero-order chi connectivity index (χ0) is 82.8. The molecule has 0 atom stereocenters. The number of hydrogen-bond donors (Lipinski definition) is 8. The molecule has 0 spiro atoms. The van der Waals surface area contributed by atoms with Gasteiger partial charge >= 0.3 is 78.8 Å². The number of benzene rings is 4. The Labute approximate surface area is 705 Å². The van der Waals surface area contributed by atoms with Crippen molar-refractivity contribution >= 4 is 128 Å². The Balaban J connectivity index is 0.0000171. The fraction of sp³-hybridized carbons (Fsp3) is 0.429. The van der Waals surface area contributed by atoms with Crippen LogP contribution < -0.4 is 52.5 Å². The van der Waals surface area contributed by atoms with Crippen molar-refractivity contribution in [2.75, 3.05) is 127 Å². The third kappa shape index (κ3) is 26.8. The molecule has 4 aromatic carbocycles. The molecule has 626 valence electrons. The molecule has 0 aliphatic carbocycles. The van der Waals surface area contributed by atoms with Crippen molar-refractivity contribution in [3.63, 3.8) is 0 Å². The van der Waals surface area contributed by atoms with Crippen molar-refractivity contribution in [3.05, 3.63) is 144 Å². The van der Waals surface area contributed by atoms with Crippen LogP contribution in [0.3, 0.4) is 0 Å². The van der Waals surface area contributed by atoms with Crippen LogP contribution in [0.25, 0.3) is 90.9 Å². The van der Waals surface area contributed by atoms with E-state index in [1.807, 2.05) is 229 Å². The van der Waals surface area contributed by atoms with Gasteiger partial charge in [-0.1, -0.05) is 72.8 Å². The van der Waals surface area contributed by atoms with E-state index in [1.54, 1.807) is 0 Å². The third-order valence-corrected chi connectivity index (χ3v) is 31.1. The van der Waals surface area contributed by atoms with Crippen LogP contribution in [-0.4, -0.2) is 175 Å². The quantitative estimate of drug-likeness (QED) is 0.0130. The summed E-state index contributed by atoms with van der Waals surface area (Å²) in [6.07, 6.45) is 10.2. The molecule has 2 aliphatic heterocycles. The molecule has 2 aliphatic rings. The van der Waals surface area contributed by atoms with E-state index in [9.17, 15) is 19.2 Å². The molecule has 0 saturated carbocycles. The van der Waals surface area contributed by atoms with Crippen molar-refractivity contribution < 1.29 is 91.8 Å². The Morgan fingerprint density at radius 1 is 0.274 bits per heavy atom. The van der Waals surface area contributed by atoms with Gasteiger partial charge in [-0.3, -0.25) is 0 Å². The summed E-state index contributed by atoms with van der Waals surface area (Å²) in [5.41, 5.74) is 12.7. The van der Waals surface area contributed by atoms with Crippen LogP contribution in [-0.2, 0) is 72.6 Å². The Kier molecular flexibility index (Phi) is 38.6. The molecule has 8 bridgehead atoms. The molecule has 8 amide bonds. The smallest absolute Gasteiger partial charge is 0.657 e. The van der Waals surface area contributed by atoms with E-state index >= 15 is 0 Å². The number of rotatable bonds is 48. The van der Waals surface area contributed by atoms with Crippen molar-refractivity contribution in [3.8, 4) is 44.5 Å². The number of carbonyl (C=O) groups excluding carboxylic acids is 4. The number of amides is 8. The van der Waals surface area contributed by atoms with Crippen molar-refractivity contribution in [1.82, 2.24) is 41.2 Å². The summed E-state index contributed by atoms with van der Waals surface area (Å²) in [5.74, 6) is 0. The normalized spacial score (nSPS) is 12.1. The molecule has 33 heteroatoms. The first-order chi connectivity index (χ1) is 56.4. The maximum atomic E-state index is 13.5. The van der Waals surface area contributed by atoms with Crippen molar-refractivity contribution in [2.24, 2.45) is 0 Å². The van der Waals surface area contributed by atoms with Crippen LogP contribution in [0.15, 0.2) is 121 Å². The third-order valence-electron chi connectivity index (χ3n) is 18.5. The number of hydrogen-bond acceptors (Lipinski definition) is 18. The number of nitrogens with zero attached hydrogens (tertiary/aromatic N) is 4. The molecular formula is C84H116N12O16Si4Zn. The minimum atomic E-state index is -2.91. The first-order valence-corrected chi connectivity index (χ1v) is 48.5. The average molecular weight is 1730 g/mol. The number of aromatic nitrogens is 4. The van der Waals surface area contributed by atoms with Crippen LogP contribution >= 0.6 is 0 Å². The van der Waals surface area contributed by atoms with E-state index in [1.165, 1.54) is 0 Å². The Hall–Kier alpha value is -8.43. The van der Waals surface area contributed by atoms with Gasteiger partial charge in [0.25, 0.3) is 0 Å². The topological polar surface area (TPSA) is 329 Å². The van der Waals surface area contributed by atoms with E-state index in [-0.39, 0.29) is 43.6 Å². The fourth-order valence-corrected chi connectivity index (χ4v) is 24.3. The largest absolute Gasteiger partial charge is 2.00 e. The number of fused-ring (bicyclic) bond motifs is 8. The number of anilines is 4. The standard InChI is InChI=1S/C84H118N12O16Si4.Zn/c1-13-101-113(102-14-2,103-15-3)57-25-53-85-81(97)89-65-37-29-61(30-38-65)77-69-45-47-71(93-69)78(62-31-39-66(40-32-62)90-82(98)86-54-26-58-114(104-16-4,105-17-5)106-18-6)73-49-51-75(95-73)80(64-35-43-68(44-36-64)92-84(100)88-56-28-60-116(110-22-10,111-23-11)112-24-12)76-52-50-74(96-76)79(72-48-46-70(77)94-72)63-33-41-67(42-34-63)91-83(99)87-55-27-59-115(107-19-7,108-20-8)109-21-9;/h29-52H,13-28,53-60H2,1-12H3,(H10,85,86,87,88,89,90,91,92,93,94,95,96,97,98,99,100);/q;+2/p-2. The van der Waals surface area contributed by atoms with Crippen molar-refractivity contribution in [1.29, 1.82) is 0 Å².